The average Bonchev–Trinajstić information content (AvgIpc) is 2.67. The lowest BCUT2D eigenvalue weighted by atomic mass is 10.0. The van der Waals surface area contributed by atoms with Crippen molar-refractivity contribution in [3.8, 4) is 0 Å². The molecule has 1 heterocycles. The number of hydrogen-bond donors (Lipinski definition) is 1. The number of nitrogens with zero attached hydrogens (tertiary/aromatic N) is 1. The van der Waals surface area contributed by atoms with Crippen LogP contribution in [0.1, 0.15) is 36.2 Å². The molecule has 20 heavy (non-hydrogen) atoms. The summed E-state index contributed by atoms with van der Waals surface area (Å²) < 4.78 is 0. The number of benzene rings is 1. The second-order valence-electron chi connectivity index (χ2n) is 5.53. The van der Waals surface area contributed by atoms with Gasteiger partial charge < -0.3 is 4.90 Å². The Bertz CT molecular complexity index is 489. The molecule has 0 bridgehead atoms. The molecule has 110 valence electrons. The van der Waals surface area contributed by atoms with Gasteiger partial charge in [0.15, 0.2) is 0 Å². The lowest BCUT2D eigenvalue weighted by molar-refractivity contribution is -0.129. The summed E-state index contributed by atoms with van der Waals surface area (Å²) in [7, 11) is 0. The Kier molecular flexibility index (Phi) is 5.11. The number of rotatable bonds is 5. The topological polar surface area (TPSA) is 32.3 Å². The average molecular weight is 292 g/mol. The van der Waals surface area contributed by atoms with E-state index in [-0.39, 0.29) is 18.1 Å². The first kappa shape index (κ1) is 15.4. The van der Waals surface area contributed by atoms with E-state index >= 15 is 0 Å². The molecule has 1 amide bonds. The Hall–Kier alpha value is -1.00. The van der Waals surface area contributed by atoms with Crippen molar-refractivity contribution in [1.29, 1.82) is 0 Å². The van der Waals surface area contributed by atoms with Gasteiger partial charge in [0, 0.05) is 6.54 Å². The summed E-state index contributed by atoms with van der Waals surface area (Å²) in [6.45, 7) is 7.00. The number of nitrogens with one attached hydrogen (secondary N) is 1. The van der Waals surface area contributed by atoms with Crippen LogP contribution in [0.4, 0.5) is 0 Å². The Balaban J connectivity index is 2.21. The van der Waals surface area contributed by atoms with Crippen LogP contribution in [-0.2, 0) is 4.79 Å². The molecule has 2 rings (SSSR count). The third-order valence-electron chi connectivity index (χ3n) is 3.84. The van der Waals surface area contributed by atoms with Gasteiger partial charge in [0.05, 0.1) is 6.04 Å². The van der Waals surface area contributed by atoms with Gasteiger partial charge >= 0.3 is 0 Å². The molecule has 1 fully saturated rings. The van der Waals surface area contributed by atoms with Gasteiger partial charge in [-0.3, -0.25) is 10.1 Å². The molecular weight excluding hydrogens is 268 g/mol. The molecule has 4 heteroatoms. The van der Waals surface area contributed by atoms with Crippen molar-refractivity contribution >= 4 is 17.7 Å². The second kappa shape index (κ2) is 6.64. The molecule has 1 aliphatic heterocycles. The first-order valence-corrected chi connectivity index (χ1v) is 8.56. The van der Waals surface area contributed by atoms with Gasteiger partial charge in [0.2, 0.25) is 5.91 Å². The number of carbonyl (C=O) groups is 1. The van der Waals surface area contributed by atoms with Gasteiger partial charge in [-0.2, -0.15) is 11.8 Å². The summed E-state index contributed by atoms with van der Waals surface area (Å²) in [5.74, 6) is 1.31. The minimum atomic E-state index is -0.0880. The van der Waals surface area contributed by atoms with E-state index in [9.17, 15) is 4.79 Å². The highest BCUT2D eigenvalue weighted by atomic mass is 32.2. The molecule has 1 saturated heterocycles. The normalized spacial score (nSPS) is 22.6. The van der Waals surface area contributed by atoms with E-state index in [1.54, 1.807) is 0 Å². The number of hydrogen-bond acceptors (Lipinski definition) is 3. The Morgan fingerprint density at radius 2 is 2.10 bits per heavy atom. The van der Waals surface area contributed by atoms with E-state index in [2.05, 4.69) is 43.6 Å². The maximum Gasteiger partial charge on any atom is 0.241 e. The minimum absolute atomic E-state index is 0.0277. The number of amides is 1. The Morgan fingerprint density at radius 3 is 2.75 bits per heavy atom. The molecule has 0 aromatic heterocycles. The zero-order valence-corrected chi connectivity index (χ0v) is 13.6. The Labute approximate surface area is 126 Å². The van der Waals surface area contributed by atoms with Crippen molar-refractivity contribution in [3.05, 3.63) is 34.9 Å². The van der Waals surface area contributed by atoms with E-state index in [1.165, 1.54) is 16.7 Å². The third-order valence-corrected chi connectivity index (χ3v) is 4.54. The predicted molar refractivity (Wildman–Crippen MR) is 86.0 cm³/mol. The monoisotopic (exact) mass is 292 g/mol. The van der Waals surface area contributed by atoms with E-state index in [0.29, 0.717) is 0 Å². The van der Waals surface area contributed by atoms with Gasteiger partial charge in [-0.15, -0.1) is 0 Å². The first-order valence-electron chi connectivity index (χ1n) is 7.17. The van der Waals surface area contributed by atoms with Crippen LogP contribution < -0.4 is 5.32 Å². The van der Waals surface area contributed by atoms with Crippen molar-refractivity contribution in [1.82, 2.24) is 10.2 Å². The van der Waals surface area contributed by atoms with E-state index in [0.717, 1.165) is 18.7 Å². The van der Waals surface area contributed by atoms with E-state index < -0.39 is 0 Å². The Morgan fingerprint density at radius 1 is 1.35 bits per heavy atom. The quantitative estimate of drug-likeness (QED) is 0.847. The third kappa shape index (κ3) is 3.18. The summed E-state index contributed by atoms with van der Waals surface area (Å²) in [5.41, 5.74) is 3.73. The van der Waals surface area contributed by atoms with Crippen LogP contribution in [-0.4, -0.2) is 35.4 Å². The summed E-state index contributed by atoms with van der Waals surface area (Å²) in [6, 6.07) is 6.37. The first-order chi connectivity index (χ1) is 9.54. The molecule has 1 aliphatic rings. The van der Waals surface area contributed by atoms with Crippen molar-refractivity contribution in [3.63, 3.8) is 0 Å². The number of thioether (sulfide) groups is 1. The minimum Gasteiger partial charge on any atom is -0.322 e. The zero-order valence-electron chi connectivity index (χ0n) is 12.8. The van der Waals surface area contributed by atoms with Crippen LogP contribution in [0.2, 0.25) is 0 Å². The lowest BCUT2D eigenvalue weighted by Gasteiger charge is -2.26. The molecule has 0 saturated carbocycles. The molecule has 2 atom stereocenters. The molecule has 3 nitrogen and oxygen atoms in total. The second-order valence-corrected chi connectivity index (χ2v) is 6.51. The summed E-state index contributed by atoms with van der Waals surface area (Å²) in [6.07, 6.45) is 3.18. The zero-order chi connectivity index (χ0) is 14.7. The van der Waals surface area contributed by atoms with Gasteiger partial charge in [-0.25, -0.2) is 0 Å². The fourth-order valence-electron chi connectivity index (χ4n) is 2.78. The summed E-state index contributed by atoms with van der Waals surface area (Å²) >= 11 is 1.83. The van der Waals surface area contributed by atoms with Gasteiger partial charge in [-0.05, 0) is 50.3 Å². The highest BCUT2D eigenvalue weighted by molar-refractivity contribution is 7.98. The fraction of sp³-hybridized carbons (Fsp3) is 0.562. The van der Waals surface area contributed by atoms with Crippen molar-refractivity contribution in [2.45, 2.75) is 39.4 Å². The van der Waals surface area contributed by atoms with Crippen molar-refractivity contribution in [2.75, 3.05) is 18.6 Å². The van der Waals surface area contributed by atoms with Gasteiger partial charge in [0.25, 0.3) is 0 Å². The van der Waals surface area contributed by atoms with Crippen molar-refractivity contribution < 1.29 is 4.79 Å². The molecule has 1 N–H and O–H groups in total. The van der Waals surface area contributed by atoms with Crippen LogP contribution in [0, 0.1) is 13.8 Å². The van der Waals surface area contributed by atoms with E-state index in [4.69, 9.17) is 0 Å². The molecule has 2 unspecified atom stereocenters. The van der Waals surface area contributed by atoms with E-state index in [1.807, 2.05) is 23.6 Å². The molecule has 0 spiro atoms. The molecule has 1 aromatic rings. The summed E-state index contributed by atoms with van der Waals surface area (Å²) in [4.78, 5) is 14.3. The van der Waals surface area contributed by atoms with Gasteiger partial charge in [0.1, 0.15) is 6.17 Å². The molecule has 0 radical (unpaired) electrons. The maximum absolute atomic E-state index is 12.3. The highest BCUT2D eigenvalue weighted by Crippen LogP contribution is 2.28. The lowest BCUT2D eigenvalue weighted by Crippen LogP contribution is -2.32. The molecule has 1 aromatic carbocycles. The van der Waals surface area contributed by atoms with Gasteiger partial charge in [-0.1, -0.05) is 23.8 Å². The van der Waals surface area contributed by atoms with Crippen LogP contribution in [0.15, 0.2) is 18.2 Å². The number of carbonyl (C=O) groups excluding carboxylic acids is 1. The molecule has 0 aliphatic carbocycles. The largest absolute Gasteiger partial charge is 0.322 e. The number of aryl methyl sites for hydroxylation is 2. The van der Waals surface area contributed by atoms with Crippen LogP contribution in [0.3, 0.4) is 0 Å². The smallest absolute Gasteiger partial charge is 0.241 e. The summed E-state index contributed by atoms with van der Waals surface area (Å²) in [5, 5.41) is 3.43. The SMILES string of the molecule is CSCCCN1C(=O)C(C)NC1c1ccc(C)cc1C. The standard InChI is InChI=1S/C16H24N2OS/c1-11-6-7-14(12(2)10-11)15-17-13(3)16(19)18(15)8-5-9-20-4/h6-7,10,13,15,17H,5,8-9H2,1-4H3. The maximum atomic E-state index is 12.3. The van der Waals surface area contributed by atoms with Crippen LogP contribution in [0.5, 0.6) is 0 Å². The fourth-order valence-corrected chi connectivity index (χ4v) is 3.20. The van der Waals surface area contributed by atoms with Crippen molar-refractivity contribution in [2.24, 2.45) is 0 Å². The predicted octanol–water partition coefficient (Wildman–Crippen LogP) is 2.88. The van der Waals surface area contributed by atoms with Crippen LogP contribution in [0.25, 0.3) is 0 Å². The molecular formula is C16H24N2OS. The van der Waals surface area contributed by atoms with Crippen LogP contribution >= 0.6 is 11.8 Å². The highest BCUT2D eigenvalue weighted by Gasteiger charge is 2.37.